The summed E-state index contributed by atoms with van der Waals surface area (Å²) in [5, 5.41) is 14.4. The zero-order chi connectivity index (χ0) is 46.4. The molecule has 0 spiro atoms. The van der Waals surface area contributed by atoms with Crippen LogP contribution < -0.4 is 26.8 Å². The number of hydrogen-bond donors (Lipinski definition) is 5. The number of fused-ring (bicyclic) bond motifs is 1. The standard InChI is InChI=1S/C43H58F3N13O5/c1-5-9-34(64-37(47)29-10-16-33(17-11-29)59(41(63)43(44,45)46)27-32-26-49-38-36(51-32)40(62)54-42(48)53-38)39(61)52-31-14-12-30(13-15-31)50-35(60)28-58-24-22-56(7-3)20-18-55(6-2)19-21-57(8-4)23-25-58/h10-17,26,34,47H,5-9,18-25,27-28H2,1-4H3,(H,50,60)(H,52,61)(H3,48,49,53,54,62). The van der Waals surface area contributed by atoms with Crippen molar-refractivity contribution in [3.05, 3.63) is 76.3 Å². The van der Waals surface area contributed by atoms with Gasteiger partial charge in [-0.25, -0.2) is 9.97 Å². The molecule has 18 nitrogen and oxygen atoms in total. The Morgan fingerprint density at radius 2 is 1.36 bits per heavy atom. The van der Waals surface area contributed by atoms with Gasteiger partial charge in [-0.3, -0.25) is 39.4 Å². The Hall–Kier alpha value is -6.03. The number of ether oxygens (including phenoxy) is 1. The number of hydrogen-bond acceptors (Lipinski definition) is 14. The molecule has 0 bridgehead atoms. The Labute approximate surface area is 369 Å². The molecule has 0 radical (unpaired) electrons. The summed E-state index contributed by atoms with van der Waals surface area (Å²) in [6.07, 6.45) is -4.52. The Morgan fingerprint density at radius 1 is 0.828 bits per heavy atom. The van der Waals surface area contributed by atoms with E-state index in [4.69, 9.17) is 15.9 Å². The highest BCUT2D eigenvalue weighted by molar-refractivity contribution is 6.00. The van der Waals surface area contributed by atoms with Gasteiger partial charge in [-0.1, -0.05) is 34.1 Å². The number of aromatic nitrogens is 4. The van der Waals surface area contributed by atoms with Crippen molar-refractivity contribution in [2.75, 3.05) is 99.8 Å². The Kier molecular flexibility index (Phi) is 17.7. The quantitative estimate of drug-likeness (QED) is 0.0849. The summed E-state index contributed by atoms with van der Waals surface area (Å²) in [4.78, 5) is 75.6. The smallest absolute Gasteiger partial charge is 0.464 e. The molecular formula is C43H58F3N13O5. The molecule has 3 amide bonds. The van der Waals surface area contributed by atoms with E-state index >= 15 is 0 Å². The second kappa shape index (κ2) is 23.1. The Morgan fingerprint density at radius 3 is 1.88 bits per heavy atom. The highest BCUT2D eigenvalue weighted by Gasteiger charge is 2.43. The zero-order valence-corrected chi connectivity index (χ0v) is 36.7. The molecule has 1 atom stereocenters. The number of aromatic amines is 1. The van der Waals surface area contributed by atoms with Gasteiger partial charge in [0.25, 0.3) is 11.5 Å². The molecule has 5 rings (SSSR count). The first-order chi connectivity index (χ1) is 30.6. The lowest BCUT2D eigenvalue weighted by Crippen LogP contribution is -2.47. The van der Waals surface area contributed by atoms with Gasteiger partial charge >= 0.3 is 12.1 Å². The topological polar surface area (TPSA) is 222 Å². The normalized spacial score (nSPS) is 15.7. The van der Waals surface area contributed by atoms with Crippen molar-refractivity contribution in [3.63, 3.8) is 0 Å². The van der Waals surface area contributed by atoms with Gasteiger partial charge in [-0.05, 0) is 74.6 Å². The molecule has 346 valence electrons. The van der Waals surface area contributed by atoms with Gasteiger partial charge < -0.3 is 35.8 Å². The number of benzene rings is 2. The van der Waals surface area contributed by atoms with E-state index in [0.717, 1.165) is 78.2 Å². The average Bonchev–Trinajstić information content (AvgIpc) is 3.26. The van der Waals surface area contributed by atoms with Crippen LogP contribution in [0.2, 0.25) is 0 Å². The first kappa shape index (κ1) is 49.0. The second-order valence-electron chi connectivity index (χ2n) is 15.3. The van der Waals surface area contributed by atoms with Crippen LogP contribution in [-0.4, -0.2) is 154 Å². The van der Waals surface area contributed by atoms with Crippen LogP contribution in [0.3, 0.4) is 0 Å². The molecule has 1 aliphatic rings. The van der Waals surface area contributed by atoms with Crippen LogP contribution >= 0.6 is 0 Å². The fourth-order valence-electron chi connectivity index (χ4n) is 7.10. The van der Waals surface area contributed by atoms with E-state index < -0.39 is 42.1 Å². The molecule has 0 saturated carbocycles. The van der Waals surface area contributed by atoms with Gasteiger partial charge in [0.15, 0.2) is 17.3 Å². The minimum Gasteiger partial charge on any atom is -0.464 e. The van der Waals surface area contributed by atoms with Gasteiger partial charge in [0.1, 0.15) is 0 Å². The number of nitrogens with one attached hydrogen (secondary N) is 4. The van der Waals surface area contributed by atoms with Crippen molar-refractivity contribution in [3.8, 4) is 0 Å². The minimum absolute atomic E-state index is 0.124. The summed E-state index contributed by atoms with van der Waals surface area (Å²) in [5.74, 6) is -3.53. The van der Waals surface area contributed by atoms with E-state index in [2.05, 4.69) is 70.9 Å². The van der Waals surface area contributed by atoms with Crippen molar-refractivity contribution < 1.29 is 32.3 Å². The molecule has 1 saturated heterocycles. The number of amides is 3. The molecule has 2 aromatic carbocycles. The highest BCUT2D eigenvalue weighted by Crippen LogP contribution is 2.26. The largest absolute Gasteiger partial charge is 0.471 e. The van der Waals surface area contributed by atoms with Crippen LogP contribution in [-0.2, 0) is 25.7 Å². The molecule has 4 aromatic rings. The number of carbonyl (C=O) groups excluding carboxylic acids is 3. The van der Waals surface area contributed by atoms with Crippen LogP contribution in [0, 0.1) is 5.41 Å². The van der Waals surface area contributed by atoms with Crippen molar-refractivity contribution in [1.82, 2.24) is 39.5 Å². The molecule has 1 aliphatic heterocycles. The summed E-state index contributed by atoms with van der Waals surface area (Å²) >= 11 is 0. The molecule has 3 heterocycles. The summed E-state index contributed by atoms with van der Waals surface area (Å²) in [6, 6.07) is 11.6. The predicted octanol–water partition coefficient (Wildman–Crippen LogP) is 3.76. The molecule has 2 aromatic heterocycles. The third-order valence-corrected chi connectivity index (χ3v) is 10.9. The third-order valence-electron chi connectivity index (χ3n) is 10.9. The zero-order valence-electron chi connectivity index (χ0n) is 36.7. The third kappa shape index (κ3) is 14.0. The number of alkyl halides is 3. The summed E-state index contributed by atoms with van der Waals surface area (Å²) < 4.78 is 47.0. The van der Waals surface area contributed by atoms with E-state index in [1.165, 1.54) is 24.3 Å². The summed E-state index contributed by atoms with van der Waals surface area (Å²) in [5.41, 5.74) is 5.15. The second-order valence-corrected chi connectivity index (χ2v) is 15.3. The number of nitrogens with two attached hydrogens (primary N) is 1. The monoisotopic (exact) mass is 893 g/mol. The molecular weight excluding hydrogens is 836 g/mol. The van der Waals surface area contributed by atoms with Gasteiger partial charge in [0.2, 0.25) is 17.8 Å². The first-order valence-corrected chi connectivity index (χ1v) is 21.5. The van der Waals surface area contributed by atoms with Gasteiger partial charge in [-0.15, -0.1) is 0 Å². The predicted molar refractivity (Wildman–Crippen MR) is 239 cm³/mol. The lowest BCUT2D eigenvalue weighted by atomic mass is 10.1. The molecule has 1 unspecified atom stereocenters. The molecule has 1 fully saturated rings. The molecule has 0 aliphatic carbocycles. The maximum absolute atomic E-state index is 13.7. The lowest BCUT2D eigenvalue weighted by Gasteiger charge is -2.33. The lowest BCUT2D eigenvalue weighted by molar-refractivity contribution is -0.170. The van der Waals surface area contributed by atoms with Gasteiger partial charge in [-0.2, -0.15) is 18.2 Å². The van der Waals surface area contributed by atoms with Crippen LogP contribution in [0.5, 0.6) is 0 Å². The minimum atomic E-state index is -5.27. The number of halogens is 3. The Bertz CT molecular complexity index is 2240. The number of rotatable bonds is 15. The Balaban J connectivity index is 1.18. The van der Waals surface area contributed by atoms with Crippen LogP contribution in [0.4, 0.5) is 36.2 Å². The van der Waals surface area contributed by atoms with Crippen LogP contribution in [0.25, 0.3) is 11.2 Å². The molecule has 64 heavy (non-hydrogen) atoms. The maximum atomic E-state index is 13.7. The van der Waals surface area contributed by atoms with E-state index in [1.807, 2.05) is 6.92 Å². The fourth-order valence-corrected chi connectivity index (χ4v) is 7.10. The average molecular weight is 894 g/mol. The number of nitrogens with zero attached hydrogens (tertiary/aromatic N) is 8. The first-order valence-electron chi connectivity index (χ1n) is 21.5. The van der Waals surface area contributed by atoms with Crippen molar-refractivity contribution in [1.29, 1.82) is 5.41 Å². The number of anilines is 4. The fraction of sp³-hybridized carbons (Fsp3) is 0.488. The van der Waals surface area contributed by atoms with Crippen molar-refractivity contribution in [2.24, 2.45) is 0 Å². The number of nitrogen functional groups attached to an aromatic ring is 1. The SMILES string of the molecule is CCCC(OC(=N)c1ccc(N(Cc2cnc3nc(N)[nH]c(=O)c3n2)C(=O)C(F)(F)F)cc1)C(=O)Nc1ccc(NC(=O)CN2CCN(CC)CCN(CC)CCN(CC)CC2)cc1. The van der Waals surface area contributed by atoms with Crippen LogP contribution in [0.15, 0.2) is 59.5 Å². The van der Waals surface area contributed by atoms with Crippen LogP contribution in [0.1, 0.15) is 51.8 Å². The number of likely N-dealkylation sites (N-methyl/N-ethyl adjacent to an activating group) is 3. The number of carbonyl (C=O) groups is 3. The molecule has 21 heteroatoms. The van der Waals surface area contributed by atoms with E-state index in [-0.39, 0.29) is 52.9 Å². The van der Waals surface area contributed by atoms with E-state index in [9.17, 15) is 32.3 Å². The number of H-pyrrole nitrogens is 1. The van der Waals surface area contributed by atoms with E-state index in [0.29, 0.717) is 22.7 Å². The maximum Gasteiger partial charge on any atom is 0.471 e. The van der Waals surface area contributed by atoms with E-state index in [1.54, 1.807) is 24.3 Å². The van der Waals surface area contributed by atoms with Crippen molar-refractivity contribution >= 4 is 57.8 Å². The van der Waals surface area contributed by atoms with Gasteiger partial charge in [0, 0.05) is 75.0 Å². The molecule has 6 N–H and O–H groups in total. The van der Waals surface area contributed by atoms with Gasteiger partial charge in [0.05, 0.1) is 25.0 Å². The summed E-state index contributed by atoms with van der Waals surface area (Å²) in [7, 11) is 0. The summed E-state index contributed by atoms with van der Waals surface area (Å²) in [6.45, 7) is 18.1. The van der Waals surface area contributed by atoms with Crippen molar-refractivity contribution in [2.45, 2.75) is 59.4 Å². The highest BCUT2D eigenvalue weighted by atomic mass is 19.4.